The fourth-order valence-corrected chi connectivity index (χ4v) is 3.24. The summed E-state index contributed by atoms with van der Waals surface area (Å²) >= 11 is 0. The Balaban J connectivity index is 0.00000364. The number of ether oxygens (including phenoxy) is 1. The summed E-state index contributed by atoms with van der Waals surface area (Å²) in [6, 6.07) is 6.15. The average Bonchev–Trinajstić information content (AvgIpc) is 2.63. The van der Waals surface area contributed by atoms with Crippen molar-refractivity contribution in [3.63, 3.8) is 0 Å². The van der Waals surface area contributed by atoms with Crippen molar-refractivity contribution in [2.75, 3.05) is 26.7 Å². The number of nitrogens with one attached hydrogen (secondary N) is 2. The summed E-state index contributed by atoms with van der Waals surface area (Å²) in [7, 11) is 1.57. The minimum atomic E-state index is -0.235. The highest BCUT2D eigenvalue weighted by Crippen LogP contribution is 2.14. The molecule has 154 valence electrons. The van der Waals surface area contributed by atoms with Crippen LogP contribution in [0.4, 0.5) is 4.39 Å². The lowest BCUT2D eigenvalue weighted by molar-refractivity contribution is 0.167. The van der Waals surface area contributed by atoms with E-state index >= 15 is 0 Å². The molecule has 0 unspecified atom stereocenters. The molecule has 1 heterocycles. The van der Waals surface area contributed by atoms with Gasteiger partial charge in [-0.2, -0.15) is 0 Å². The highest BCUT2D eigenvalue weighted by Gasteiger charge is 2.21. The maximum Gasteiger partial charge on any atom is 0.191 e. The van der Waals surface area contributed by atoms with E-state index < -0.39 is 0 Å². The Morgan fingerprint density at radius 2 is 2.04 bits per heavy atom. The van der Waals surface area contributed by atoms with Crippen LogP contribution in [0.25, 0.3) is 0 Å². The number of guanidine groups is 1. The van der Waals surface area contributed by atoms with E-state index in [1.54, 1.807) is 13.2 Å². The van der Waals surface area contributed by atoms with Crippen molar-refractivity contribution in [1.82, 2.24) is 15.5 Å². The Morgan fingerprint density at radius 1 is 1.33 bits per heavy atom. The van der Waals surface area contributed by atoms with Crippen LogP contribution in [0.2, 0.25) is 0 Å². The number of likely N-dealkylation sites (tertiary alicyclic amines) is 1. The van der Waals surface area contributed by atoms with E-state index in [0.29, 0.717) is 24.2 Å². The third-order valence-corrected chi connectivity index (χ3v) is 4.77. The van der Waals surface area contributed by atoms with Crippen LogP contribution in [0.3, 0.4) is 0 Å². The number of piperidine rings is 1. The maximum absolute atomic E-state index is 13.7. The van der Waals surface area contributed by atoms with Gasteiger partial charge in [-0.1, -0.05) is 6.07 Å². The van der Waals surface area contributed by atoms with Crippen LogP contribution in [0.1, 0.15) is 44.7 Å². The van der Waals surface area contributed by atoms with Crippen LogP contribution in [0, 0.1) is 5.82 Å². The molecule has 2 rings (SSSR count). The predicted molar refractivity (Wildman–Crippen MR) is 120 cm³/mol. The summed E-state index contributed by atoms with van der Waals surface area (Å²) in [5.41, 5.74) is 1.55. The second-order valence-corrected chi connectivity index (χ2v) is 7.10. The number of rotatable bonds is 7. The Labute approximate surface area is 180 Å². The van der Waals surface area contributed by atoms with Crippen LogP contribution in [0.5, 0.6) is 0 Å². The first-order valence-corrected chi connectivity index (χ1v) is 9.58. The number of halogens is 2. The molecule has 1 aliphatic rings. The van der Waals surface area contributed by atoms with Crippen molar-refractivity contribution >= 4 is 29.9 Å². The Morgan fingerprint density at radius 3 is 2.63 bits per heavy atom. The number of benzene rings is 1. The molecular weight excluding hydrogens is 458 g/mol. The lowest BCUT2D eigenvalue weighted by atomic mass is 10.0. The van der Waals surface area contributed by atoms with E-state index in [4.69, 9.17) is 4.74 Å². The van der Waals surface area contributed by atoms with E-state index in [-0.39, 0.29) is 36.4 Å². The van der Waals surface area contributed by atoms with Gasteiger partial charge in [-0.3, -0.25) is 0 Å². The molecule has 7 heteroatoms. The highest BCUT2D eigenvalue weighted by atomic mass is 127. The monoisotopic (exact) mass is 492 g/mol. The van der Waals surface area contributed by atoms with Crippen molar-refractivity contribution in [1.29, 1.82) is 0 Å². The van der Waals surface area contributed by atoms with Gasteiger partial charge in [0, 0.05) is 44.4 Å². The first kappa shape index (κ1) is 24.1. The molecule has 0 bridgehead atoms. The SMILES string of the molecule is CCNC(=NCc1ccc(F)c(COC)c1)NC1CCN(C(C)C)CC1.I. The third kappa shape index (κ3) is 7.91. The normalized spacial score (nSPS) is 16.3. The van der Waals surface area contributed by atoms with Gasteiger partial charge in [-0.25, -0.2) is 9.38 Å². The molecule has 1 aromatic carbocycles. The molecule has 0 spiro atoms. The van der Waals surface area contributed by atoms with E-state index in [0.717, 1.165) is 44.0 Å². The van der Waals surface area contributed by atoms with Crippen LogP contribution in [0.15, 0.2) is 23.2 Å². The van der Waals surface area contributed by atoms with Crippen molar-refractivity contribution in [3.8, 4) is 0 Å². The van der Waals surface area contributed by atoms with Crippen LogP contribution in [-0.4, -0.2) is 49.7 Å². The lowest BCUT2D eigenvalue weighted by Crippen LogP contribution is -2.49. The smallest absolute Gasteiger partial charge is 0.191 e. The average molecular weight is 492 g/mol. The van der Waals surface area contributed by atoms with Gasteiger partial charge >= 0.3 is 0 Å². The summed E-state index contributed by atoms with van der Waals surface area (Å²) in [5.74, 6) is 0.592. The summed E-state index contributed by atoms with van der Waals surface area (Å²) in [5, 5.41) is 6.86. The van der Waals surface area contributed by atoms with E-state index in [9.17, 15) is 4.39 Å². The van der Waals surface area contributed by atoms with Crippen molar-refractivity contribution in [2.24, 2.45) is 4.99 Å². The van der Waals surface area contributed by atoms with Crippen LogP contribution < -0.4 is 10.6 Å². The minimum absolute atomic E-state index is 0. The molecule has 0 amide bonds. The molecule has 1 aliphatic heterocycles. The Bertz CT molecular complexity index is 589. The number of methoxy groups -OCH3 is 1. The molecule has 0 aromatic heterocycles. The first-order valence-electron chi connectivity index (χ1n) is 9.58. The predicted octanol–water partition coefficient (Wildman–Crippen LogP) is 3.52. The molecule has 1 fully saturated rings. The largest absolute Gasteiger partial charge is 0.380 e. The molecule has 1 saturated heterocycles. The second kappa shape index (κ2) is 12.5. The quantitative estimate of drug-likeness (QED) is 0.348. The molecule has 1 aromatic rings. The van der Waals surface area contributed by atoms with Gasteiger partial charge in [-0.05, 0) is 51.3 Å². The molecule has 27 heavy (non-hydrogen) atoms. The zero-order valence-electron chi connectivity index (χ0n) is 16.9. The van der Waals surface area contributed by atoms with E-state index in [1.165, 1.54) is 6.07 Å². The zero-order valence-corrected chi connectivity index (χ0v) is 19.3. The van der Waals surface area contributed by atoms with Crippen LogP contribution in [-0.2, 0) is 17.9 Å². The standard InChI is InChI=1S/C20H33FN4O.HI/c1-5-22-20(24-18-8-10-25(11-9-18)15(2)3)23-13-16-6-7-19(21)17(12-16)14-26-4;/h6-7,12,15,18H,5,8-11,13-14H2,1-4H3,(H2,22,23,24);1H. The van der Waals surface area contributed by atoms with E-state index in [2.05, 4.69) is 41.3 Å². The number of hydrogen-bond donors (Lipinski definition) is 2. The van der Waals surface area contributed by atoms with Crippen LogP contribution >= 0.6 is 24.0 Å². The minimum Gasteiger partial charge on any atom is -0.380 e. The van der Waals surface area contributed by atoms with Crippen molar-refractivity contribution in [3.05, 3.63) is 35.1 Å². The van der Waals surface area contributed by atoms with Gasteiger partial charge in [0.1, 0.15) is 5.82 Å². The van der Waals surface area contributed by atoms with Gasteiger partial charge < -0.3 is 20.3 Å². The third-order valence-electron chi connectivity index (χ3n) is 4.77. The Hall–Kier alpha value is -0.930. The zero-order chi connectivity index (χ0) is 18.9. The first-order chi connectivity index (χ1) is 12.5. The van der Waals surface area contributed by atoms with Gasteiger partial charge in [0.25, 0.3) is 0 Å². The summed E-state index contributed by atoms with van der Waals surface area (Å²) < 4.78 is 18.8. The number of aliphatic imine (C=N–C) groups is 1. The van der Waals surface area contributed by atoms with E-state index in [1.807, 2.05) is 6.07 Å². The fourth-order valence-electron chi connectivity index (χ4n) is 3.24. The molecular formula is C20H34FIN4O. The van der Waals surface area contributed by atoms with Gasteiger partial charge in [0.15, 0.2) is 5.96 Å². The maximum atomic E-state index is 13.7. The number of nitrogens with zero attached hydrogens (tertiary/aromatic N) is 2. The lowest BCUT2D eigenvalue weighted by Gasteiger charge is -2.35. The highest BCUT2D eigenvalue weighted by molar-refractivity contribution is 14.0. The van der Waals surface area contributed by atoms with Crippen molar-refractivity contribution in [2.45, 2.75) is 58.8 Å². The van der Waals surface area contributed by atoms with Crippen molar-refractivity contribution < 1.29 is 9.13 Å². The molecule has 0 radical (unpaired) electrons. The summed E-state index contributed by atoms with van der Waals surface area (Å²) in [6.07, 6.45) is 2.24. The molecule has 0 atom stereocenters. The van der Waals surface area contributed by atoms with Gasteiger partial charge in [0.2, 0.25) is 0 Å². The summed E-state index contributed by atoms with van der Waals surface area (Å²) in [4.78, 5) is 7.19. The molecule has 2 N–H and O–H groups in total. The topological polar surface area (TPSA) is 48.9 Å². The number of hydrogen-bond acceptors (Lipinski definition) is 3. The molecule has 0 saturated carbocycles. The van der Waals surface area contributed by atoms with Gasteiger partial charge in [-0.15, -0.1) is 24.0 Å². The molecule has 0 aliphatic carbocycles. The Kier molecular flexibility index (Phi) is 11.2. The second-order valence-electron chi connectivity index (χ2n) is 7.10. The fraction of sp³-hybridized carbons (Fsp3) is 0.650. The van der Waals surface area contributed by atoms with Gasteiger partial charge in [0.05, 0.1) is 13.2 Å². The summed E-state index contributed by atoms with van der Waals surface area (Å²) in [6.45, 7) is 10.4. The molecule has 5 nitrogen and oxygen atoms in total.